The van der Waals surface area contributed by atoms with Crippen molar-refractivity contribution in [2.24, 2.45) is 0 Å². The minimum atomic E-state index is -0.518. The molecule has 2 aromatic rings. The van der Waals surface area contributed by atoms with Crippen molar-refractivity contribution in [2.45, 2.75) is 18.6 Å². The van der Waals surface area contributed by atoms with Gasteiger partial charge in [0.05, 0.1) is 39.9 Å². The van der Waals surface area contributed by atoms with Gasteiger partial charge in [-0.25, -0.2) is 0 Å². The van der Waals surface area contributed by atoms with E-state index in [9.17, 15) is 9.90 Å². The Morgan fingerprint density at radius 2 is 2.00 bits per heavy atom. The van der Waals surface area contributed by atoms with Crippen LogP contribution in [0.3, 0.4) is 0 Å². The summed E-state index contributed by atoms with van der Waals surface area (Å²) in [5, 5.41) is 10.4. The van der Waals surface area contributed by atoms with Gasteiger partial charge in [0.2, 0.25) is 5.91 Å². The molecule has 0 aliphatic carbocycles. The van der Waals surface area contributed by atoms with Gasteiger partial charge in [0.25, 0.3) is 0 Å². The number of benzene rings is 2. The van der Waals surface area contributed by atoms with Crippen LogP contribution in [0.25, 0.3) is 0 Å². The molecule has 1 aliphatic heterocycles. The summed E-state index contributed by atoms with van der Waals surface area (Å²) in [6.07, 6.45) is -0.294. The normalized spacial score (nSPS) is 19.4. The van der Waals surface area contributed by atoms with Crippen molar-refractivity contribution in [2.75, 3.05) is 34.0 Å². The van der Waals surface area contributed by atoms with Crippen LogP contribution in [0.1, 0.15) is 17.2 Å². The lowest BCUT2D eigenvalue weighted by molar-refractivity contribution is -0.149. The van der Waals surface area contributed by atoms with Crippen LogP contribution in [0.2, 0.25) is 5.02 Å². The SMILES string of the molecule is COc1ccc([C@@H]2[C@@H](CO)OCCN2C(=O)Cc2cccc(Cl)c2)cc1OC. The summed E-state index contributed by atoms with van der Waals surface area (Å²) < 4.78 is 16.4. The molecular formula is C21H24ClNO5. The Morgan fingerprint density at radius 3 is 2.68 bits per heavy atom. The Kier molecular flexibility index (Phi) is 6.78. The highest BCUT2D eigenvalue weighted by molar-refractivity contribution is 6.30. The number of rotatable bonds is 6. The zero-order valence-corrected chi connectivity index (χ0v) is 16.7. The number of methoxy groups -OCH3 is 2. The summed E-state index contributed by atoms with van der Waals surface area (Å²) in [6, 6.07) is 12.3. The van der Waals surface area contributed by atoms with E-state index in [1.54, 1.807) is 37.3 Å². The van der Waals surface area contributed by atoms with Crippen molar-refractivity contribution in [3.63, 3.8) is 0 Å². The first-order chi connectivity index (χ1) is 13.6. The van der Waals surface area contributed by atoms with E-state index in [2.05, 4.69) is 0 Å². The standard InChI is InChI=1S/C21H24ClNO5/c1-26-17-7-6-15(12-18(17)27-2)21-19(13-24)28-9-8-23(21)20(25)11-14-4-3-5-16(22)10-14/h3-7,10,12,19,21,24H,8-9,11,13H2,1-2H3/t19-,21-/m1/s1. The molecule has 28 heavy (non-hydrogen) atoms. The maximum Gasteiger partial charge on any atom is 0.227 e. The molecule has 2 aromatic carbocycles. The number of ether oxygens (including phenoxy) is 3. The Bertz CT molecular complexity index is 828. The number of halogens is 1. The summed E-state index contributed by atoms with van der Waals surface area (Å²) >= 11 is 6.04. The highest BCUT2D eigenvalue weighted by Gasteiger charge is 2.36. The third-order valence-electron chi connectivity index (χ3n) is 4.85. The van der Waals surface area contributed by atoms with Gasteiger partial charge >= 0.3 is 0 Å². The highest BCUT2D eigenvalue weighted by Crippen LogP contribution is 2.36. The number of morpholine rings is 1. The van der Waals surface area contributed by atoms with Crippen molar-refractivity contribution in [1.29, 1.82) is 0 Å². The number of aliphatic hydroxyl groups is 1. The molecule has 1 saturated heterocycles. The van der Waals surface area contributed by atoms with Crippen LogP contribution >= 0.6 is 11.6 Å². The predicted octanol–water partition coefficient (Wildman–Crippen LogP) is 2.86. The lowest BCUT2D eigenvalue weighted by Crippen LogP contribution is -2.49. The third kappa shape index (κ3) is 4.41. The fourth-order valence-electron chi connectivity index (χ4n) is 3.52. The van der Waals surface area contributed by atoms with Gasteiger partial charge < -0.3 is 24.2 Å². The van der Waals surface area contributed by atoms with Gasteiger partial charge in [-0.1, -0.05) is 29.8 Å². The zero-order valence-electron chi connectivity index (χ0n) is 15.9. The van der Waals surface area contributed by atoms with Crippen LogP contribution in [-0.4, -0.2) is 56.0 Å². The van der Waals surface area contributed by atoms with Crippen molar-refractivity contribution >= 4 is 17.5 Å². The van der Waals surface area contributed by atoms with Gasteiger partial charge in [-0.15, -0.1) is 0 Å². The Balaban J connectivity index is 1.91. The molecule has 7 heteroatoms. The van der Waals surface area contributed by atoms with Crippen molar-refractivity contribution < 1.29 is 24.1 Å². The van der Waals surface area contributed by atoms with E-state index >= 15 is 0 Å². The number of carbonyl (C=O) groups is 1. The van der Waals surface area contributed by atoms with Crippen LogP contribution in [-0.2, 0) is 16.0 Å². The van der Waals surface area contributed by atoms with Gasteiger partial charge in [0, 0.05) is 11.6 Å². The maximum absolute atomic E-state index is 13.1. The molecule has 0 bridgehead atoms. The Morgan fingerprint density at radius 1 is 1.21 bits per heavy atom. The lowest BCUT2D eigenvalue weighted by Gasteiger charge is -2.41. The fraction of sp³-hybridized carbons (Fsp3) is 0.381. The largest absolute Gasteiger partial charge is 0.493 e. The molecule has 1 N–H and O–H groups in total. The first kappa shape index (κ1) is 20.5. The van der Waals surface area contributed by atoms with Gasteiger partial charge in [-0.05, 0) is 35.4 Å². The number of aliphatic hydroxyl groups excluding tert-OH is 1. The summed E-state index contributed by atoms with van der Waals surface area (Å²) in [5.41, 5.74) is 1.66. The van der Waals surface area contributed by atoms with Crippen molar-refractivity contribution in [1.82, 2.24) is 4.90 Å². The Labute approximate surface area is 169 Å². The van der Waals surface area contributed by atoms with Gasteiger partial charge in [-0.2, -0.15) is 0 Å². The molecule has 150 valence electrons. The molecule has 0 aromatic heterocycles. The van der Waals surface area contributed by atoms with Gasteiger partial charge in [0.1, 0.15) is 6.10 Å². The second-order valence-corrected chi connectivity index (χ2v) is 6.98. The summed E-state index contributed by atoms with van der Waals surface area (Å²) in [5.74, 6) is 1.11. The quantitative estimate of drug-likeness (QED) is 0.800. The van der Waals surface area contributed by atoms with E-state index < -0.39 is 12.1 Å². The van der Waals surface area contributed by atoms with E-state index in [0.29, 0.717) is 29.7 Å². The van der Waals surface area contributed by atoms with Crippen LogP contribution in [0.15, 0.2) is 42.5 Å². The van der Waals surface area contributed by atoms with E-state index in [1.165, 1.54) is 0 Å². The topological polar surface area (TPSA) is 68.2 Å². The number of hydrogen-bond donors (Lipinski definition) is 1. The minimum absolute atomic E-state index is 0.0520. The third-order valence-corrected chi connectivity index (χ3v) is 5.08. The van der Waals surface area contributed by atoms with E-state index in [1.807, 2.05) is 24.3 Å². The second-order valence-electron chi connectivity index (χ2n) is 6.54. The lowest BCUT2D eigenvalue weighted by atomic mass is 9.97. The zero-order chi connectivity index (χ0) is 20.1. The monoisotopic (exact) mass is 405 g/mol. The molecular weight excluding hydrogens is 382 g/mol. The number of nitrogens with zero attached hydrogens (tertiary/aromatic N) is 1. The summed E-state index contributed by atoms with van der Waals surface area (Å²) in [7, 11) is 3.13. The smallest absolute Gasteiger partial charge is 0.227 e. The molecule has 0 spiro atoms. The molecule has 1 heterocycles. The molecule has 6 nitrogen and oxygen atoms in total. The van der Waals surface area contributed by atoms with Crippen LogP contribution in [0, 0.1) is 0 Å². The summed E-state index contributed by atoms with van der Waals surface area (Å²) in [4.78, 5) is 14.8. The van der Waals surface area contributed by atoms with Crippen LogP contribution in [0.4, 0.5) is 0 Å². The molecule has 3 rings (SSSR count). The first-order valence-corrected chi connectivity index (χ1v) is 9.43. The molecule has 1 amide bonds. The molecule has 1 fully saturated rings. The maximum atomic E-state index is 13.1. The van der Waals surface area contributed by atoms with Crippen LogP contribution < -0.4 is 9.47 Å². The Hall–Kier alpha value is -2.28. The average Bonchev–Trinajstić information content (AvgIpc) is 2.72. The predicted molar refractivity (Wildman–Crippen MR) is 106 cm³/mol. The van der Waals surface area contributed by atoms with E-state index in [-0.39, 0.29) is 18.9 Å². The molecule has 0 saturated carbocycles. The molecule has 2 atom stereocenters. The summed E-state index contributed by atoms with van der Waals surface area (Å²) in [6.45, 7) is 0.616. The number of hydrogen-bond acceptors (Lipinski definition) is 5. The van der Waals surface area contributed by atoms with Crippen LogP contribution in [0.5, 0.6) is 11.5 Å². The molecule has 0 unspecified atom stereocenters. The fourth-order valence-corrected chi connectivity index (χ4v) is 3.73. The number of amides is 1. The average molecular weight is 406 g/mol. The van der Waals surface area contributed by atoms with Gasteiger partial charge in [0.15, 0.2) is 11.5 Å². The van der Waals surface area contributed by atoms with Gasteiger partial charge in [-0.3, -0.25) is 4.79 Å². The van der Waals surface area contributed by atoms with E-state index in [4.69, 9.17) is 25.8 Å². The second kappa shape index (κ2) is 9.28. The number of carbonyl (C=O) groups excluding carboxylic acids is 1. The molecule has 1 aliphatic rings. The first-order valence-electron chi connectivity index (χ1n) is 9.05. The van der Waals surface area contributed by atoms with Crippen molar-refractivity contribution in [3.05, 3.63) is 58.6 Å². The van der Waals surface area contributed by atoms with E-state index in [0.717, 1.165) is 11.1 Å². The highest BCUT2D eigenvalue weighted by atomic mass is 35.5. The van der Waals surface area contributed by atoms with Crippen molar-refractivity contribution in [3.8, 4) is 11.5 Å². The molecule has 0 radical (unpaired) electrons. The minimum Gasteiger partial charge on any atom is -0.493 e.